The van der Waals surface area contributed by atoms with Crippen molar-refractivity contribution >= 4 is 17.7 Å². The highest BCUT2D eigenvalue weighted by atomic mass is 16.5. The molecule has 1 aromatic rings. The number of carbonyl (C=O) groups is 1. The van der Waals surface area contributed by atoms with Gasteiger partial charge in [-0.2, -0.15) is 5.10 Å². The third-order valence-electron chi connectivity index (χ3n) is 6.88. The van der Waals surface area contributed by atoms with E-state index in [0.29, 0.717) is 29.1 Å². The van der Waals surface area contributed by atoms with E-state index in [1.165, 1.54) is 6.08 Å². The first-order valence-corrected chi connectivity index (χ1v) is 15.0. The van der Waals surface area contributed by atoms with Gasteiger partial charge in [0.25, 0.3) is 0 Å². The van der Waals surface area contributed by atoms with E-state index in [0.717, 1.165) is 54.7 Å². The number of hydrazone groups is 1. The minimum Gasteiger partial charge on any atom is -0.384 e. The van der Waals surface area contributed by atoms with Gasteiger partial charge in [0.05, 0.1) is 29.1 Å². The normalized spacial score (nSPS) is 16.5. The maximum absolute atomic E-state index is 12.1. The van der Waals surface area contributed by atoms with Crippen molar-refractivity contribution in [2.24, 2.45) is 17.1 Å². The quantitative estimate of drug-likeness (QED) is 0.161. The Balaban J connectivity index is 0.00000316. The Kier molecular flexibility index (Phi) is 12.7. The first-order chi connectivity index (χ1) is 20.3. The number of rotatable bonds is 13. The molecule has 1 aliphatic carbocycles. The number of pyridine rings is 1. The van der Waals surface area contributed by atoms with E-state index in [2.05, 4.69) is 63.0 Å². The third kappa shape index (κ3) is 10.1. The summed E-state index contributed by atoms with van der Waals surface area (Å²) >= 11 is 0. The molecule has 0 atom stereocenters. The van der Waals surface area contributed by atoms with Crippen molar-refractivity contribution in [3.63, 3.8) is 0 Å². The minimum absolute atomic E-state index is 0.0360. The SMILES string of the molecule is C=CNC1(CN(CCOC(C)(C)C)c2ccc(=N/C(C3=NN(C=C(C)C)C(=C)C(C)=C3)=C(\C=C)C=O)n(C)c2)CC1.CC. The van der Waals surface area contributed by atoms with Gasteiger partial charge in [0.15, 0.2) is 6.29 Å². The van der Waals surface area contributed by atoms with Crippen molar-refractivity contribution in [2.75, 3.05) is 24.6 Å². The molecule has 3 rings (SSSR count). The van der Waals surface area contributed by atoms with Crippen molar-refractivity contribution < 1.29 is 9.53 Å². The summed E-state index contributed by atoms with van der Waals surface area (Å²) in [6, 6.07) is 4.03. The summed E-state index contributed by atoms with van der Waals surface area (Å²) < 4.78 is 8.02. The van der Waals surface area contributed by atoms with E-state index in [1.54, 1.807) is 11.2 Å². The van der Waals surface area contributed by atoms with Gasteiger partial charge in [-0.1, -0.05) is 45.2 Å². The van der Waals surface area contributed by atoms with Crippen molar-refractivity contribution in [1.29, 1.82) is 0 Å². The second kappa shape index (κ2) is 15.5. The van der Waals surface area contributed by atoms with Crippen molar-refractivity contribution in [3.8, 4) is 0 Å². The fourth-order valence-electron chi connectivity index (χ4n) is 4.46. The number of ether oxygens (including phenoxy) is 1. The molecule has 1 N–H and O–H groups in total. The molecule has 43 heavy (non-hydrogen) atoms. The summed E-state index contributed by atoms with van der Waals surface area (Å²) in [6.07, 6.45) is 12.1. The lowest BCUT2D eigenvalue weighted by atomic mass is 10.1. The molecule has 1 aromatic heterocycles. The molecule has 1 aliphatic heterocycles. The number of nitrogens with one attached hydrogen (secondary N) is 1. The molecule has 0 amide bonds. The van der Waals surface area contributed by atoms with Crippen LogP contribution in [-0.2, 0) is 16.6 Å². The van der Waals surface area contributed by atoms with E-state index in [9.17, 15) is 4.79 Å². The van der Waals surface area contributed by atoms with Gasteiger partial charge in [-0.05, 0) is 84.4 Å². The smallest absolute Gasteiger partial charge is 0.152 e. The zero-order valence-corrected chi connectivity index (χ0v) is 27.8. The van der Waals surface area contributed by atoms with E-state index in [4.69, 9.17) is 14.8 Å². The fourth-order valence-corrected chi connectivity index (χ4v) is 4.46. The van der Waals surface area contributed by atoms with Gasteiger partial charge in [0, 0.05) is 38.1 Å². The summed E-state index contributed by atoms with van der Waals surface area (Å²) in [5, 5.41) is 9.93. The standard InChI is InChI=1S/C33H46N6O2.C2H6/c1-11-27(22-40)31(29-19-25(5)26(6)39(36-29)20-24(3)4)35-30-14-13-28(21-37(30)10)38(17-18-41-32(7,8)9)23-33(15-16-33)34-12-2;1-2/h11-14,19-22,34H,1-2,6,15-18,23H2,3-5,7-10H3;1-2H3/b31-27+,35-30?;. The molecule has 8 nitrogen and oxygen atoms in total. The van der Waals surface area contributed by atoms with E-state index >= 15 is 0 Å². The lowest BCUT2D eigenvalue weighted by Crippen LogP contribution is -2.43. The number of aromatic nitrogens is 1. The summed E-state index contributed by atoms with van der Waals surface area (Å²) in [5.41, 5.74) is 5.70. The summed E-state index contributed by atoms with van der Waals surface area (Å²) in [6.45, 7) is 30.2. The Morgan fingerprint density at radius 2 is 1.91 bits per heavy atom. The van der Waals surface area contributed by atoms with Crippen LogP contribution in [0.1, 0.15) is 68.2 Å². The maximum atomic E-state index is 12.1. The Morgan fingerprint density at radius 1 is 1.23 bits per heavy atom. The van der Waals surface area contributed by atoms with Gasteiger partial charge in [-0.3, -0.25) is 4.79 Å². The first-order valence-electron chi connectivity index (χ1n) is 15.0. The molecular weight excluding hydrogens is 536 g/mol. The van der Waals surface area contributed by atoms with Crippen LogP contribution >= 0.6 is 0 Å². The molecule has 234 valence electrons. The predicted molar refractivity (Wildman–Crippen MR) is 180 cm³/mol. The molecule has 0 bridgehead atoms. The lowest BCUT2D eigenvalue weighted by Gasteiger charge is -2.31. The molecular formula is C35H52N6O2. The predicted octanol–water partition coefficient (Wildman–Crippen LogP) is 6.53. The van der Waals surface area contributed by atoms with Crippen LogP contribution in [0.2, 0.25) is 0 Å². The van der Waals surface area contributed by atoms with Crippen LogP contribution in [0.4, 0.5) is 5.69 Å². The van der Waals surface area contributed by atoms with Crippen LogP contribution in [0.15, 0.2) is 101 Å². The zero-order valence-electron chi connectivity index (χ0n) is 27.8. The molecule has 2 heterocycles. The molecule has 1 fully saturated rings. The molecule has 2 aliphatic rings. The Bertz CT molecular complexity index is 1370. The third-order valence-corrected chi connectivity index (χ3v) is 6.88. The number of allylic oxidation sites excluding steroid dienone is 5. The molecule has 0 aromatic carbocycles. The summed E-state index contributed by atoms with van der Waals surface area (Å²) in [5.74, 6) is 0. The van der Waals surface area contributed by atoms with Gasteiger partial charge in [0.1, 0.15) is 16.9 Å². The highest BCUT2D eigenvalue weighted by molar-refractivity contribution is 6.12. The topological polar surface area (TPSA) is 74.5 Å². The molecule has 0 radical (unpaired) electrons. The van der Waals surface area contributed by atoms with Crippen LogP contribution in [-0.4, -0.2) is 52.4 Å². The van der Waals surface area contributed by atoms with Crippen molar-refractivity contribution in [2.45, 2.75) is 79.4 Å². The Hall–Kier alpha value is -3.91. The second-order valence-corrected chi connectivity index (χ2v) is 11.9. The molecule has 0 spiro atoms. The van der Waals surface area contributed by atoms with Crippen molar-refractivity contribution in [1.82, 2.24) is 14.9 Å². The van der Waals surface area contributed by atoms with Gasteiger partial charge >= 0.3 is 0 Å². The number of hydrogen-bond acceptors (Lipinski definition) is 7. The molecule has 0 unspecified atom stereocenters. The molecule has 1 saturated carbocycles. The van der Waals surface area contributed by atoms with Crippen LogP contribution < -0.4 is 15.7 Å². The minimum atomic E-state index is -0.206. The maximum Gasteiger partial charge on any atom is 0.152 e. The first kappa shape index (κ1) is 35.3. The number of nitrogens with zero attached hydrogens (tertiary/aromatic N) is 5. The van der Waals surface area contributed by atoms with Crippen LogP contribution in [0.25, 0.3) is 0 Å². The monoisotopic (exact) mass is 588 g/mol. The summed E-state index contributed by atoms with van der Waals surface area (Å²) in [7, 11) is 1.95. The summed E-state index contributed by atoms with van der Waals surface area (Å²) in [4.78, 5) is 19.3. The van der Waals surface area contributed by atoms with E-state index < -0.39 is 0 Å². The highest BCUT2D eigenvalue weighted by Crippen LogP contribution is 2.37. The Morgan fingerprint density at radius 3 is 2.42 bits per heavy atom. The van der Waals surface area contributed by atoms with E-state index in [-0.39, 0.29) is 11.1 Å². The van der Waals surface area contributed by atoms with Crippen LogP contribution in [0.3, 0.4) is 0 Å². The van der Waals surface area contributed by atoms with Crippen LogP contribution in [0.5, 0.6) is 0 Å². The number of hydrogen-bond donors (Lipinski definition) is 1. The number of anilines is 1. The largest absolute Gasteiger partial charge is 0.384 e. The average Bonchev–Trinajstić information content (AvgIpc) is 3.70. The lowest BCUT2D eigenvalue weighted by molar-refractivity contribution is -0.104. The Labute approximate surface area is 259 Å². The fraction of sp³-hybridized carbons (Fsp3) is 0.457. The number of aryl methyl sites for hydroxylation is 1. The van der Waals surface area contributed by atoms with Gasteiger partial charge in [-0.25, -0.2) is 10.0 Å². The molecule has 0 saturated heterocycles. The van der Waals surface area contributed by atoms with Gasteiger partial charge in [0.2, 0.25) is 0 Å². The van der Waals surface area contributed by atoms with E-state index in [1.807, 2.05) is 64.6 Å². The number of carbonyl (C=O) groups excluding carboxylic acids is 1. The van der Waals surface area contributed by atoms with Gasteiger partial charge < -0.3 is 19.5 Å². The zero-order chi connectivity index (χ0) is 32.4. The highest BCUT2D eigenvalue weighted by Gasteiger charge is 2.43. The average molecular weight is 589 g/mol. The molecule has 8 heteroatoms. The van der Waals surface area contributed by atoms with Gasteiger partial charge in [-0.15, -0.1) is 0 Å². The second-order valence-electron chi connectivity index (χ2n) is 11.9. The number of aldehydes is 1. The van der Waals surface area contributed by atoms with Crippen LogP contribution in [0, 0.1) is 0 Å². The van der Waals surface area contributed by atoms with Crippen molar-refractivity contribution in [3.05, 3.63) is 96.2 Å².